The van der Waals surface area contributed by atoms with Gasteiger partial charge in [0.25, 0.3) is 0 Å². The molecule has 0 unspecified atom stereocenters. The molecule has 2 aromatic carbocycles. The van der Waals surface area contributed by atoms with Crippen LogP contribution in [-0.4, -0.2) is 11.2 Å². The van der Waals surface area contributed by atoms with Gasteiger partial charge in [0.15, 0.2) is 0 Å². The highest BCUT2D eigenvalue weighted by atomic mass is 15.5. The van der Waals surface area contributed by atoms with Gasteiger partial charge in [0, 0.05) is 6.21 Å². The van der Waals surface area contributed by atoms with E-state index in [-0.39, 0.29) is 0 Å². The predicted octanol–water partition coefficient (Wildman–Crippen LogP) is 5.35. The van der Waals surface area contributed by atoms with Crippen molar-refractivity contribution in [1.29, 1.82) is 0 Å². The average Bonchev–Trinajstić information content (AvgIpc) is 2.61. The van der Waals surface area contributed by atoms with Crippen LogP contribution in [0.2, 0.25) is 0 Å². The lowest BCUT2D eigenvalue weighted by Gasteiger charge is -2.40. The van der Waals surface area contributed by atoms with E-state index >= 15 is 0 Å². The first-order valence-corrected chi connectivity index (χ1v) is 8.31. The number of nitrogens with zero attached hydrogens (tertiary/aromatic N) is 2. The summed E-state index contributed by atoms with van der Waals surface area (Å²) in [6, 6.07) is 22.4. The zero-order chi connectivity index (χ0) is 15.2. The maximum Gasteiger partial charge on any atom is 0.0727 e. The summed E-state index contributed by atoms with van der Waals surface area (Å²) in [7, 11) is 0. The van der Waals surface area contributed by atoms with Gasteiger partial charge in [0.2, 0.25) is 0 Å². The van der Waals surface area contributed by atoms with Gasteiger partial charge in [0.1, 0.15) is 0 Å². The van der Waals surface area contributed by atoms with Gasteiger partial charge in [0.05, 0.1) is 12.1 Å². The Hall–Kier alpha value is -2.09. The predicted molar refractivity (Wildman–Crippen MR) is 92.8 cm³/mol. The zero-order valence-electron chi connectivity index (χ0n) is 13.2. The van der Waals surface area contributed by atoms with E-state index in [1.165, 1.54) is 30.4 Å². The second-order valence-corrected chi connectivity index (χ2v) is 5.87. The monoisotopic (exact) mass is 292 g/mol. The molecule has 2 aromatic rings. The minimum atomic E-state index is 0.378. The fourth-order valence-corrected chi connectivity index (χ4v) is 3.31. The molecule has 0 radical (unpaired) electrons. The minimum Gasteiger partial charge on any atom is -0.282 e. The Morgan fingerprint density at radius 1 is 0.909 bits per heavy atom. The smallest absolute Gasteiger partial charge is 0.0727 e. The Morgan fingerprint density at radius 2 is 1.41 bits per heavy atom. The highest BCUT2D eigenvalue weighted by Gasteiger charge is 2.31. The number of benzene rings is 2. The van der Waals surface area contributed by atoms with Crippen molar-refractivity contribution in [2.75, 3.05) is 0 Å². The van der Waals surface area contributed by atoms with Gasteiger partial charge in [-0.15, -0.1) is 0 Å². The summed E-state index contributed by atoms with van der Waals surface area (Å²) in [6.45, 7) is 2.14. The summed E-state index contributed by atoms with van der Waals surface area (Å²) >= 11 is 0. The molecule has 114 valence electrons. The van der Waals surface area contributed by atoms with Crippen molar-refractivity contribution < 1.29 is 0 Å². The SMILES string of the molecule is CC/C=N/N1[C@H](c2ccccc2)CCC[C@H]1c1ccccc1. The lowest BCUT2D eigenvalue weighted by Crippen LogP contribution is -2.32. The molecular weight excluding hydrogens is 268 g/mol. The third-order valence-corrected chi connectivity index (χ3v) is 4.36. The summed E-state index contributed by atoms with van der Waals surface area (Å²) < 4.78 is 0. The molecule has 1 aliphatic rings. The van der Waals surface area contributed by atoms with Crippen molar-refractivity contribution in [2.24, 2.45) is 5.10 Å². The summed E-state index contributed by atoms with van der Waals surface area (Å²) in [5.41, 5.74) is 2.74. The van der Waals surface area contributed by atoms with Crippen LogP contribution in [0, 0.1) is 0 Å². The lowest BCUT2D eigenvalue weighted by molar-refractivity contribution is 0.0867. The topological polar surface area (TPSA) is 15.6 Å². The molecule has 2 heteroatoms. The van der Waals surface area contributed by atoms with Crippen molar-refractivity contribution in [1.82, 2.24) is 5.01 Å². The van der Waals surface area contributed by atoms with Gasteiger partial charge in [-0.3, -0.25) is 5.01 Å². The van der Waals surface area contributed by atoms with Gasteiger partial charge in [-0.2, -0.15) is 5.10 Å². The second kappa shape index (κ2) is 7.26. The lowest BCUT2D eigenvalue weighted by atomic mass is 9.89. The maximum atomic E-state index is 4.83. The quantitative estimate of drug-likeness (QED) is 0.693. The number of hydrogen-bond donors (Lipinski definition) is 0. The van der Waals surface area contributed by atoms with E-state index < -0.39 is 0 Å². The van der Waals surface area contributed by atoms with Crippen molar-refractivity contribution in [3.8, 4) is 0 Å². The van der Waals surface area contributed by atoms with Crippen LogP contribution in [0.1, 0.15) is 55.8 Å². The molecule has 3 rings (SSSR count). The van der Waals surface area contributed by atoms with Crippen LogP contribution < -0.4 is 0 Å². The summed E-state index contributed by atoms with van der Waals surface area (Å²) in [6.07, 6.45) is 6.61. The Morgan fingerprint density at radius 3 is 1.86 bits per heavy atom. The molecule has 1 fully saturated rings. The fraction of sp³-hybridized carbons (Fsp3) is 0.350. The standard InChI is InChI=1S/C20H24N2/c1-2-16-21-22-19(17-10-5-3-6-11-17)14-9-15-20(22)18-12-7-4-8-13-18/h3-8,10-13,16,19-20H,2,9,14-15H2,1H3/b21-16+/t19-,20-/m0/s1. The number of rotatable bonds is 4. The molecule has 0 spiro atoms. The van der Waals surface area contributed by atoms with E-state index in [1.54, 1.807) is 0 Å². The Bertz CT molecular complexity index is 544. The minimum absolute atomic E-state index is 0.378. The molecule has 2 atom stereocenters. The molecule has 0 aromatic heterocycles. The van der Waals surface area contributed by atoms with E-state index in [1.807, 2.05) is 6.21 Å². The van der Waals surface area contributed by atoms with Crippen LogP contribution in [0.4, 0.5) is 0 Å². The van der Waals surface area contributed by atoms with Crippen LogP contribution in [0.25, 0.3) is 0 Å². The first kappa shape index (κ1) is 14.8. The molecular formula is C20H24N2. The van der Waals surface area contributed by atoms with Gasteiger partial charge < -0.3 is 0 Å². The van der Waals surface area contributed by atoms with Crippen LogP contribution in [0.3, 0.4) is 0 Å². The third-order valence-electron chi connectivity index (χ3n) is 4.36. The Kier molecular flexibility index (Phi) is 4.89. The average molecular weight is 292 g/mol. The van der Waals surface area contributed by atoms with E-state index in [0.29, 0.717) is 12.1 Å². The highest BCUT2D eigenvalue weighted by Crippen LogP contribution is 2.41. The van der Waals surface area contributed by atoms with Crippen molar-refractivity contribution in [2.45, 2.75) is 44.7 Å². The third kappa shape index (κ3) is 3.22. The van der Waals surface area contributed by atoms with E-state index in [4.69, 9.17) is 5.10 Å². The maximum absolute atomic E-state index is 4.83. The zero-order valence-corrected chi connectivity index (χ0v) is 13.2. The fourth-order valence-electron chi connectivity index (χ4n) is 3.31. The summed E-state index contributed by atoms with van der Waals surface area (Å²) in [5, 5.41) is 7.16. The van der Waals surface area contributed by atoms with Gasteiger partial charge in [-0.1, -0.05) is 67.6 Å². The van der Waals surface area contributed by atoms with E-state index in [2.05, 4.69) is 72.6 Å². The molecule has 1 aliphatic heterocycles. The molecule has 0 N–H and O–H groups in total. The molecule has 22 heavy (non-hydrogen) atoms. The second-order valence-electron chi connectivity index (χ2n) is 5.87. The van der Waals surface area contributed by atoms with Crippen molar-refractivity contribution >= 4 is 6.21 Å². The molecule has 1 saturated heterocycles. The molecule has 0 aliphatic carbocycles. The molecule has 0 bridgehead atoms. The van der Waals surface area contributed by atoms with Gasteiger partial charge in [-0.25, -0.2) is 0 Å². The first-order valence-electron chi connectivity index (χ1n) is 8.31. The number of hydrogen-bond acceptors (Lipinski definition) is 2. The van der Waals surface area contributed by atoms with Crippen LogP contribution >= 0.6 is 0 Å². The highest BCUT2D eigenvalue weighted by molar-refractivity contribution is 5.56. The summed E-state index contributed by atoms with van der Waals surface area (Å²) in [5.74, 6) is 0. The molecule has 0 amide bonds. The Balaban J connectivity index is 1.94. The van der Waals surface area contributed by atoms with Gasteiger partial charge in [-0.05, 0) is 36.8 Å². The van der Waals surface area contributed by atoms with Crippen molar-refractivity contribution in [3.63, 3.8) is 0 Å². The van der Waals surface area contributed by atoms with E-state index in [9.17, 15) is 0 Å². The molecule has 2 nitrogen and oxygen atoms in total. The molecule has 1 heterocycles. The largest absolute Gasteiger partial charge is 0.282 e. The van der Waals surface area contributed by atoms with Crippen LogP contribution in [0.15, 0.2) is 65.8 Å². The van der Waals surface area contributed by atoms with Crippen LogP contribution in [0.5, 0.6) is 0 Å². The molecule has 0 saturated carbocycles. The van der Waals surface area contributed by atoms with Crippen molar-refractivity contribution in [3.05, 3.63) is 71.8 Å². The van der Waals surface area contributed by atoms with Gasteiger partial charge >= 0.3 is 0 Å². The summed E-state index contributed by atoms with van der Waals surface area (Å²) in [4.78, 5) is 0. The van der Waals surface area contributed by atoms with Crippen LogP contribution in [-0.2, 0) is 0 Å². The normalized spacial score (nSPS) is 22.1. The Labute approximate surface area is 133 Å². The van der Waals surface area contributed by atoms with E-state index in [0.717, 1.165) is 6.42 Å². The number of hydrazone groups is 1. The first-order chi connectivity index (χ1) is 10.9. The number of piperidine rings is 1.